The molecule has 0 rings (SSSR count). The summed E-state index contributed by atoms with van der Waals surface area (Å²) in [6.07, 6.45) is 0. The van der Waals surface area contributed by atoms with Crippen LogP contribution in [0.2, 0.25) is 0 Å². The standard InChI is InChI=1S/C7H8ClNO3/c1-2-12-7(11)5(4-9)6(10)3-8/h9H,2-3H2,1H3. The molecule has 0 atom stereocenters. The smallest absolute Gasteiger partial charge is 0.351 e. The quantitative estimate of drug-likeness (QED) is 0.175. The number of esters is 1. The van der Waals surface area contributed by atoms with Crippen LogP contribution in [0.3, 0.4) is 0 Å². The van der Waals surface area contributed by atoms with Gasteiger partial charge in [0.2, 0.25) is 0 Å². The maximum Gasteiger partial charge on any atom is 0.351 e. The molecule has 0 bridgehead atoms. The van der Waals surface area contributed by atoms with Gasteiger partial charge in [0.05, 0.1) is 12.5 Å². The fourth-order valence-electron chi connectivity index (χ4n) is 0.505. The van der Waals surface area contributed by atoms with E-state index in [1.54, 1.807) is 12.8 Å². The Kier molecular flexibility index (Phi) is 5.00. The first-order valence-electron chi connectivity index (χ1n) is 3.23. The molecule has 66 valence electrons. The van der Waals surface area contributed by atoms with Crippen LogP contribution >= 0.6 is 11.6 Å². The highest BCUT2D eigenvalue weighted by Gasteiger charge is 2.18. The van der Waals surface area contributed by atoms with Gasteiger partial charge in [-0.15, -0.1) is 11.6 Å². The zero-order chi connectivity index (χ0) is 9.56. The van der Waals surface area contributed by atoms with E-state index in [4.69, 9.17) is 17.0 Å². The molecule has 0 unspecified atom stereocenters. The minimum Gasteiger partial charge on any atom is -0.462 e. The molecule has 0 aliphatic carbocycles. The van der Waals surface area contributed by atoms with Crippen LogP contribution in [0, 0.1) is 5.41 Å². The largest absolute Gasteiger partial charge is 0.462 e. The van der Waals surface area contributed by atoms with E-state index >= 15 is 0 Å². The molecule has 4 nitrogen and oxygen atoms in total. The number of ketones is 1. The molecule has 1 N–H and O–H groups in total. The number of hydrogen-bond acceptors (Lipinski definition) is 4. The molecule has 0 saturated carbocycles. The Morgan fingerprint density at radius 1 is 1.58 bits per heavy atom. The van der Waals surface area contributed by atoms with E-state index < -0.39 is 17.3 Å². The van der Waals surface area contributed by atoms with Gasteiger partial charge in [-0.25, -0.2) is 4.79 Å². The number of halogens is 1. The maximum absolute atomic E-state index is 10.9. The van der Waals surface area contributed by atoms with Gasteiger partial charge >= 0.3 is 5.97 Å². The second-order valence-corrected chi connectivity index (χ2v) is 2.04. The number of Topliss-reactive ketones (excluding diaryl/α,β-unsaturated/α-hetero) is 1. The van der Waals surface area contributed by atoms with Crippen LogP contribution < -0.4 is 0 Å². The molecule has 0 aromatic rings. The van der Waals surface area contributed by atoms with Crippen LogP contribution in [0.25, 0.3) is 0 Å². The SMILES string of the molecule is CCOC(=O)C(=C=N)C(=O)CCl. The molecule has 0 spiro atoms. The van der Waals surface area contributed by atoms with Crippen LogP contribution in [0.4, 0.5) is 0 Å². The number of carbonyl (C=O) groups excluding carboxylic acids is 2. The Balaban J connectivity index is 4.48. The van der Waals surface area contributed by atoms with Crippen molar-refractivity contribution in [1.82, 2.24) is 0 Å². The summed E-state index contributed by atoms with van der Waals surface area (Å²) < 4.78 is 4.48. The first-order chi connectivity index (χ1) is 5.67. The molecular weight excluding hydrogens is 182 g/mol. The lowest BCUT2D eigenvalue weighted by atomic mass is 10.2. The number of hydrogen-bond donors (Lipinski definition) is 1. The Bertz CT molecular complexity index is 243. The topological polar surface area (TPSA) is 67.2 Å². The zero-order valence-electron chi connectivity index (χ0n) is 6.52. The van der Waals surface area contributed by atoms with E-state index in [2.05, 4.69) is 4.74 Å². The summed E-state index contributed by atoms with van der Waals surface area (Å²) in [4.78, 5) is 21.7. The Morgan fingerprint density at radius 3 is 2.50 bits per heavy atom. The van der Waals surface area contributed by atoms with Crippen molar-refractivity contribution in [3.63, 3.8) is 0 Å². The fraction of sp³-hybridized carbons (Fsp3) is 0.429. The molecule has 0 fully saturated rings. The van der Waals surface area contributed by atoms with Gasteiger partial charge in [-0.3, -0.25) is 10.2 Å². The highest BCUT2D eigenvalue weighted by Crippen LogP contribution is 1.97. The Morgan fingerprint density at radius 2 is 2.17 bits per heavy atom. The van der Waals surface area contributed by atoms with Gasteiger partial charge < -0.3 is 4.74 Å². The maximum atomic E-state index is 10.9. The van der Waals surface area contributed by atoms with Crippen molar-refractivity contribution < 1.29 is 14.3 Å². The second-order valence-electron chi connectivity index (χ2n) is 1.78. The summed E-state index contributed by atoms with van der Waals surface area (Å²) in [5.41, 5.74) is -0.438. The van der Waals surface area contributed by atoms with Crippen LogP contribution in [0.15, 0.2) is 5.57 Å². The fourth-order valence-corrected chi connectivity index (χ4v) is 0.638. The van der Waals surface area contributed by atoms with Gasteiger partial charge in [0.1, 0.15) is 0 Å². The van der Waals surface area contributed by atoms with Gasteiger partial charge in [0.15, 0.2) is 11.4 Å². The van der Waals surface area contributed by atoms with E-state index in [-0.39, 0.29) is 12.5 Å². The van der Waals surface area contributed by atoms with Gasteiger partial charge in [0.25, 0.3) is 0 Å². The average Bonchev–Trinajstić information content (AvgIpc) is 2.06. The van der Waals surface area contributed by atoms with Crippen LogP contribution in [0.5, 0.6) is 0 Å². The van der Waals surface area contributed by atoms with Crippen LogP contribution in [0.1, 0.15) is 6.92 Å². The lowest BCUT2D eigenvalue weighted by Gasteiger charge is -1.99. The normalized spacial score (nSPS) is 8.50. The van der Waals surface area contributed by atoms with Gasteiger partial charge in [-0.1, -0.05) is 0 Å². The predicted octanol–water partition coefficient (Wildman–Crippen LogP) is 0.532. The third-order valence-corrected chi connectivity index (χ3v) is 1.25. The number of ether oxygens (including phenoxy) is 1. The third kappa shape index (κ3) is 2.86. The van der Waals surface area contributed by atoms with E-state index in [1.165, 1.54) is 0 Å². The Hall–Kier alpha value is -1.12. The first kappa shape index (κ1) is 10.9. The van der Waals surface area contributed by atoms with E-state index in [0.717, 1.165) is 0 Å². The monoisotopic (exact) mass is 189 g/mol. The molecule has 0 amide bonds. The number of rotatable bonds is 4. The molecule has 5 heteroatoms. The predicted molar refractivity (Wildman–Crippen MR) is 43.6 cm³/mol. The number of alkyl halides is 1. The molecule has 0 aromatic heterocycles. The first-order valence-corrected chi connectivity index (χ1v) is 3.76. The van der Waals surface area contributed by atoms with Crippen molar-refractivity contribution in [2.24, 2.45) is 0 Å². The lowest BCUT2D eigenvalue weighted by molar-refractivity contribution is -0.139. The van der Waals surface area contributed by atoms with Crippen molar-refractivity contribution in [3.8, 4) is 0 Å². The Labute approximate surface area is 74.7 Å². The summed E-state index contributed by atoms with van der Waals surface area (Å²) in [6.45, 7) is 1.75. The van der Waals surface area contributed by atoms with Crippen molar-refractivity contribution in [3.05, 3.63) is 5.57 Å². The third-order valence-electron chi connectivity index (χ3n) is 1.00. The second kappa shape index (κ2) is 5.52. The summed E-state index contributed by atoms with van der Waals surface area (Å²) in [7, 11) is 0. The van der Waals surface area contributed by atoms with E-state index in [9.17, 15) is 9.59 Å². The van der Waals surface area contributed by atoms with Crippen molar-refractivity contribution in [1.29, 1.82) is 5.41 Å². The lowest BCUT2D eigenvalue weighted by Crippen LogP contribution is -2.17. The molecule has 0 aliphatic rings. The summed E-state index contributed by atoms with van der Waals surface area (Å²) in [6, 6.07) is 0. The van der Waals surface area contributed by atoms with Crippen LogP contribution in [-0.2, 0) is 14.3 Å². The molecule has 0 heterocycles. The van der Waals surface area contributed by atoms with Crippen molar-refractivity contribution in [2.75, 3.05) is 12.5 Å². The molecule has 0 saturated heterocycles. The van der Waals surface area contributed by atoms with Gasteiger partial charge in [-0.05, 0) is 12.8 Å². The molecule has 0 aliphatic heterocycles. The summed E-state index contributed by atoms with van der Waals surface area (Å²) >= 11 is 5.17. The molecule has 0 aromatic carbocycles. The van der Waals surface area contributed by atoms with Crippen LogP contribution in [-0.4, -0.2) is 30.1 Å². The highest BCUT2D eigenvalue weighted by molar-refractivity contribution is 6.36. The molecule has 12 heavy (non-hydrogen) atoms. The number of carbonyl (C=O) groups is 2. The van der Waals surface area contributed by atoms with E-state index in [1.807, 2.05) is 0 Å². The zero-order valence-corrected chi connectivity index (χ0v) is 7.27. The van der Waals surface area contributed by atoms with Crippen molar-refractivity contribution in [2.45, 2.75) is 6.92 Å². The molecular formula is C7H8ClNO3. The minimum atomic E-state index is -0.849. The van der Waals surface area contributed by atoms with Gasteiger partial charge in [0, 0.05) is 0 Å². The summed E-state index contributed by atoms with van der Waals surface area (Å²) in [5.74, 6) is -0.149. The van der Waals surface area contributed by atoms with Gasteiger partial charge in [-0.2, -0.15) is 0 Å². The summed E-state index contributed by atoms with van der Waals surface area (Å²) in [5, 5.41) is 6.64. The highest BCUT2D eigenvalue weighted by atomic mass is 35.5. The van der Waals surface area contributed by atoms with E-state index in [0.29, 0.717) is 0 Å². The minimum absolute atomic E-state index is 0.152. The average molecular weight is 190 g/mol. The van der Waals surface area contributed by atoms with Crippen molar-refractivity contribution >= 4 is 29.2 Å². The number of nitrogens with one attached hydrogen (secondary N) is 1. The molecule has 0 radical (unpaired) electrons.